The van der Waals surface area contributed by atoms with Crippen molar-refractivity contribution in [1.82, 2.24) is 4.90 Å². The van der Waals surface area contributed by atoms with Gasteiger partial charge in [0.2, 0.25) is 0 Å². The highest BCUT2D eigenvalue weighted by molar-refractivity contribution is 6.12. The van der Waals surface area contributed by atoms with Crippen LogP contribution < -0.4 is 0 Å². The SMILES string of the molecule is [B]C1CN(C(=C)CC(C)(C)C)C1. The highest BCUT2D eigenvalue weighted by Gasteiger charge is 2.25. The summed E-state index contributed by atoms with van der Waals surface area (Å²) in [6, 6.07) is 0. The van der Waals surface area contributed by atoms with Crippen LogP contribution in [0.3, 0.4) is 0 Å². The van der Waals surface area contributed by atoms with Gasteiger partial charge in [-0.25, -0.2) is 0 Å². The van der Waals surface area contributed by atoms with Crippen LogP contribution in [0.4, 0.5) is 0 Å². The Kier molecular flexibility index (Phi) is 2.55. The lowest BCUT2D eigenvalue weighted by molar-refractivity contribution is 0.213. The Balaban J connectivity index is 2.30. The van der Waals surface area contributed by atoms with Crippen LogP contribution >= 0.6 is 0 Å². The van der Waals surface area contributed by atoms with E-state index in [2.05, 4.69) is 32.3 Å². The lowest BCUT2D eigenvalue weighted by Gasteiger charge is -2.42. The van der Waals surface area contributed by atoms with E-state index < -0.39 is 0 Å². The van der Waals surface area contributed by atoms with Crippen molar-refractivity contribution in [2.45, 2.75) is 33.0 Å². The summed E-state index contributed by atoms with van der Waals surface area (Å²) in [4.78, 5) is 2.27. The summed E-state index contributed by atoms with van der Waals surface area (Å²) >= 11 is 0. The van der Waals surface area contributed by atoms with Crippen molar-refractivity contribution in [3.63, 3.8) is 0 Å². The fraction of sp³-hybridized carbons (Fsp3) is 0.800. The molecule has 1 rings (SSSR count). The highest BCUT2D eigenvalue weighted by atomic mass is 15.2. The second-order valence-electron chi connectivity index (χ2n) is 4.97. The number of likely N-dealkylation sites (tertiary alicyclic amines) is 1. The van der Waals surface area contributed by atoms with Crippen LogP contribution in [0.1, 0.15) is 27.2 Å². The molecule has 1 aliphatic rings. The second kappa shape index (κ2) is 3.16. The van der Waals surface area contributed by atoms with Crippen LogP contribution in [0.15, 0.2) is 12.3 Å². The van der Waals surface area contributed by atoms with E-state index in [1.54, 1.807) is 0 Å². The third-order valence-corrected chi connectivity index (χ3v) is 2.09. The van der Waals surface area contributed by atoms with E-state index in [0.29, 0.717) is 11.2 Å². The zero-order valence-corrected chi connectivity index (χ0v) is 8.43. The zero-order valence-electron chi connectivity index (χ0n) is 8.43. The van der Waals surface area contributed by atoms with Crippen molar-refractivity contribution in [3.8, 4) is 0 Å². The van der Waals surface area contributed by atoms with Gasteiger partial charge in [-0.15, -0.1) is 0 Å². The van der Waals surface area contributed by atoms with Crippen molar-refractivity contribution in [2.75, 3.05) is 13.1 Å². The third kappa shape index (κ3) is 2.58. The van der Waals surface area contributed by atoms with E-state index in [1.165, 1.54) is 5.70 Å². The molecular weight excluding hydrogens is 145 g/mol. The number of hydrogen-bond acceptors (Lipinski definition) is 1. The fourth-order valence-corrected chi connectivity index (χ4v) is 1.49. The molecule has 0 bridgehead atoms. The third-order valence-electron chi connectivity index (χ3n) is 2.09. The van der Waals surface area contributed by atoms with Crippen molar-refractivity contribution in [3.05, 3.63) is 12.3 Å². The standard InChI is InChI=1S/C10H18BN/c1-8(5-10(2,3)4)12-6-9(11)7-12/h9H,1,5-7H2,2-4H3. The van der Waals surface area contributed by atoms with Crippen LogP contribution in [0.2, 0.25) is 5.82 Å². The number of allylic oxidation sites excluding steroid dienone is 1. The van der Waals surface area contributed by atoms with Gasteiger partial charge in [0.1, 0.15) is 0 Å². The summed E-state index contributed by atoms with van der Waals surface area (Å²) in [6.45, 7) is 12.8. The van der Waals surface area contributed by atoms with Crippen molar-refractivity contribution in [2.24, 2.45) is 5.41 Å². The molecule has 2 radical (unpaired) electrons. The molecule has 1 heterocycles. The minimum Gasteiger partial charge on any atom is -0.376 e. The van der Waals surface area contributed by atoms with Crippen molar-refractivity contribution < 1.29 is 0 Å². The molecule has 0 N–H and O–H groups in total. The molecule has 1 aliphatic heterocycles. The second-order valence-corrected chi connectivity index (χ2v) is 4.97. The quantitative estimate of drug-likeness (QED) is 0.564. The number of rotatable bonds is 2. The molecule has 2 heteroatoms. The molecule has 0 amide bonds. The molecule has 0 saturated carbocycles. The molecule has 0 unspecified atom stereocenters. The summed E-state index contributed by atoms with van der Waals surface area (Å²) in [7, 11) is 5.69. The maximum Gasteiger partial charge on any atom is 0.0747 e. The van der Waals surface area contributed by atoms with Gasteiger partial charge >= 0.3 is 0 Å². The molecule has 1 saturated heterocycles. The Hall–Kier alpha value is -0.395. The Morgan fingerprint density at radius 2 is 2.00 bits per heavy atom. The van der Waals surface area contributed by atoms with Crippen LogP contribution in [-0.2, 0) is 0 Å². The summed E-state index contributed by atoms with van der Waals surface area (Å²) in [6.07, 6.45) is 1.07. The van der Waals surface area contributed by atoms with Gasteiger partial charge in [0.25, 0.3) is 0 Å². The molecular formula is C10H18BN. The van der Waals surface area contributed by atoms with Crippen LogP contribution in [0.5, 0.6) is 0 Å². The first kappa shape index (κ1) is 9.69. The van der Waals surface area contributed by atoms with E-state index in [4.69, 9.17) is 7.85 Å². The van der Waals surface area contributed by atoms with Crippen LogP contribution in [-0.4, -0.2) is 25.8 Å². The summed E-state index contributed by atoms with van der Waals surface area (Å²) < 4.78 is 0. The lowest BCUT2D eigenvalue weighted by atomic mass is 9.79. The van der Waals surface area contributed by atoms with E-state index in [9.17, 15) is 0 Å². The average molecular weight is 163 g/mol. The maximum absolute atomic E-state index is 5.69. The van der Waals surface area contributed by atoms with Gasteiger partial charge in [0.05, 0.1) is 7.85 Å². The Morgan fingerprint density at radius 3 is 2.33 bits per heavy atom. The molecule has 1 fully saturated rings. The van der Waals surface area contributed by atoms with Crippen LogP contribution in [0.25, 0.3) is 0 Å². The molecule has 12 heavy (non-hydrogen) atoms. The van der Waals surface area contributed by atoms with Gasteiger partial charge in [-0.1, -0.05) is 27.4 Å². The van der Waals surface area contributed by atoms with Gasteiger partial charge in [-0.05, 0) is 17.7 Å². The van der Waals surface area contributed by atoms with Gasteiger partial charge in [-0.2, -0.15) is 0 Å². The highest BCUT2D eigenvalue weighted by Crippen LogP contribution is 2.30. The molecule has 66 valence electrons. The van der Waals surface area contributed by atoms with Gasteiger partial charge in [0.15, 0.2) is 0 Å². The number of nitrogens with zero attached hydrogens (tertiary/aromatic N) is 1. The molecule has 0 spiro atoms. The normalized spacial score (nSPS) is 19.1. The molecule has 0 aromatic carbocycles. The van der Waals surface area contributed by atoms with Gasteiger partial charge in [0, 0.05) is 18.8 Å². The first-order valence-electron chi connectivity index (χ1n) is 4.57. The summed E-state index contributed by atoms with van der Waals surface area (Å²) in [5.41, 5.74) is 1.58. The summed E-state index contributed by atoms with van der Waals surface area (Å²) in [5, 5.41) is 0. The lowest BCUT2D eigenvalue weighted by Crippen LogP contribution is -2.42. The Bertz CT molecular complexity index is 175. The topological polar surface area (TPSA) is 3.24 Å². The minimum absolute atomic E-state index is 0.344. The number of hydrogen-bond donors (Lipinski definition) is 0. The largest absolute Gasteiger partial charge is 0.376 e. The smallest absolute Gasteiger partial charge is 0.0747 e. The summed E-state index contributed by atoms with van der Waals surface area (Å²) in [5.74, 6) is 0.377. The van der Waals surface area contributed by atoms with Crippen LogP contribution in [0, 0.1) is 5.41 Å². The molecule has 0 aromatic heterocycles. The Morgan fingerprint density at radius 1 is 1.50 bits per heavy atom. The molecule has 0 atom stereocenters. The minimum atomic E-state index is 0.344. The van der Waals surface area contributed by atoms with E-state index in [0.717, 1.165) is 19.5 Å². The fourth-order valence-electron chi connectivity index (χ4n) is 1.49. The van der Waals surface area contributed by atoms with Crippen molar-refractivity contribution >= 4 is 7.85 Å². The van der Waals surface area contributed by atoms with E-state index in [-0.39, 0.29) is 0 Å². The first-order valence-corrected chi connectivity index (χ1v) is 4.57. The predicted molar refractivity (Wildman–Crippen MR) is 54.3 cm³/mol. The molecule has 1 nitrogen and oxygen atoms in total. The molecule has 0 aliphatic carbocycles. The first-order chi connectivity index (χ1) is 5.38. The van der Waals surface area contributed by atoms with E-state index in [1.807, 2.05) is 0 Å². The van der Waals surface area contributed by atoms with Crippen molar-refractivity contribution in [1.29, 1.82) is 0 Å². The average Bonchev–Trinajstić information content (AvgIpc) is 1.76. The monoisotopic (exact) mass is 163 g/mol. The van der Waals surface area contributed by atoms with E-state index >= 15 is 0 Å². The maximum atomic E-state index is 5.69. The Labute approximate surface area is 77.2 Å². The van der Waals surface area contributed by atoms with Gasteiger partial charge in [-0.3, -0.25) is 0 Å². The van der Waals surface area contributed by atoms with Gasteiger partial charge < -0.3 is 4.90 Å². The predicted octanol–water partition coefficient (Wildman–Crippen LogP) is 2.21. The molecule has 0 aromatic rings. The zero-order chi connectivity index (χ0) is 9.35.